The molecule has 150 valence electrons. The van der Waals surface area contributed by atoms with Crippen LogP contribution in [0.3, 0.4) is 0 Å². The number of aliphatic imine (C=N–C) groups is 1. The van der Waals surface area contributed by atoms with Crippen LogP contribution in [0.4, 0.5) is 0 Å². The van der Waals surface area contributed by atoms with Crippen molar-refractivity contribution in [1.29, 1.82) is 0 Å². The van der Waals surface area contributed by atoms with Crippen molar-refractivity contribution in [2.24, 2.45) is 4.99 Å². The molecule has 0 radical (unpaired) electrons. The van der Waals surface area contributed by atoms with Gasteiger partial charge in [0.25, 0.3) is 0 Å². The molecule has 2 rings (SSSR count). The van der Waals surface area contributed by atoms with E-state index in [-0.39, 0.29) is 24.0 Å². The highest BCUT2D eigenvalue weighted by atomic mass is 127. The van der Waals surface area contributed by atoms with E-state index in [0.717, 1.165) is 62.9 Å². The summed E-state index contributed by atoms with van der Waals surface area (Å²) in [5, 5.41) is 10.8. The number of nitrogens with one attached hydrogen (secondary N) is 2. The van der Waals surface area contributed by atoms with Crippen LogP contribution in [0, 0.1) is 0 Å². The third-order valence-corrected chi connectivity index (χ3v) is 4.41. The molecule has 1 aliphatic rings. The van der Waals surface area contributed by atoms with Gasteiger partial charge < -0.3 is 24.8 Å². The summed E-state index contributed by atoms with van der Waals surface area (Å²) in [5.74, 6) is 1.65. The van der Waals surface area contributed by atoms with Crippen LogP contribution in [0.15, 0.2) is 15.6 Å². The number of nitrogens with zero attached hydrogens (tertiary/aromatic N) is 3. The van der Waals surface area contributed by atoms with Crippen LogP contribution in [-0.4, -0.2) is 61.5 Å². The molecule has 1 aromatic heterocycles. The number of hydrogen-bond acceptors (Lipinski definition) is 5. The third kappa shape index (κ3) is 8.22. The van der Waals surface area contributed by atoms with Crippen molar-refractivity contribution in [2.45, 2.75) is 58.7 Å². The molecule has 1 fully saturated rings. The number of rotatable bonds is 8. The largest absolute Gasteiger partial charge is 0.377 e. The average Bonchev–Trinajstić information content (AvgIpc) is 3.07. The molecule has 0 saturated carbocycles. The molecule has 0 amide bonds. The van der Waals surface area contributed by atoms with Crippen molar-refractivity contribution in [1.82, 2.24) is 20.7 Å². The summed E-state index contributed by atoms with van der Waals surface area (Å²) in [5.41, 5.74) is 0.980. The van der Waals surface area contributed by atoms with Crippen LogP contribution < -0.4 is 10.6 Å². The van der Waals surface area contributed by atoms with E-state index in [1.165, 1.54) is 0 Å². The number of aryl methyl sites for hydroxylation is 1. The van der Waals surface area contributed by atoms with Gasteiger partial charge in [-0.25, -0.2) is 0 Å². The second kappa shape index (κ2) is 12.5. The SMILES string of the molecule is CCc1cc(CNC(=NC)NC2CCN(CCOC(C)C)CC2)on1.I. The summed E-state index contributed by atoms with van der Waals surface area (Å²) in [7, 11) is 1.80. The predicted molar refractivity (Wildman–Crippen MR) is 115 cm³/mol. The lowest BCUT2D eigenvalue weighted by Gasteiger charge is -2.33. The van der Waals surface area contributed by atoms with Crippen LogP contribution in [-0.2, 0) is 17.7 Å². The number of hydrogen-bond donors (Lipinski definition) is 2. The lowest BCUT2D eigenvalue weighted by Crippen LogP contribution is -2.48. The Hall–Kier alpha value is -0.870. The van der Waals surface area contributed by atoms with Crippen LogP contribution in [0.25, 0.3) is 0 Å². The first-order chi connectivity index (χ1) is 12.1. The van der Waals surface area contributed by atoms with Gasteiger partial charge in [0.1, 0.15) is 0 Å². The Balaban J connectivity index is 0.00000338. The van der Waals surface area contributed by atoms with Crippen LogP contribution in [0.1, 0.15) is 45.1 Å². The van der Waals surface area contributed by atoms with Gasteiger partial charge in [-0.05, 0) is 33.1 Å². The van der Waals surface area contributed by atoms with Gasteiger partial charge in [0.05, 0.1) is 24.9 Å². The Bertz CT molecular complexity index is 527. The maximum atomic E-state index is 5.64. The molecule has 0 bridgehead atoms. The quantitative estimate of drug-likeness (QED) is 0.339. The van der Waals surface area contributed by atoms with E-state index in [0.29, 0.717) is 18.7 Å². The highest BCUT2D eigenvalue weighted by Crippen LogP contribution is 2.10. The van der Waals surface area contributed by atoms with Crippen molar-refractivity contribution in [3.8, 4) is 0 Å². The molecule has 7 nitrogen and oxygen atoms in total. The molecule has 0 atom stereocenters. The summed E-state index contributed by atoms with van der Waals surface area (Å²) in [4.78, 5) is 6.78. The second-order valence-electron chi connectivity index (χ2n) is 6.74. The van der Waals surface area contributed by atoms with Gasteiger partial charge in [0.2, 0.25) is 0 Å². The lowest BCUT2D eigenvalue weighted by molar-refractivity contribution is 0.0532. The minimum atomic E-state index is 0. The second-order valence-corrected chi connectivity index (χ2v) is 6.74. The Kier molecular flexibility index (Phi) is 11.1. The molecule has 8 heteroatoms. The number of guanidine groups is 1. The van der Waals surface area contributed by atoms with Crippen LogP contribution in [0.5, 0.6) is 0 Å². The van der Waals surface area contributed by atoms with Gasteiger partial charge in [0, 0.05) is 38.8 Å². The summed E-state index contributed by atoms with van der Waals surface area (Å²) < 4.78 is 10.9. The summed E-state index contributed by atoms with van der Waals surface area (Å²) >= 11 is 0. The smallest absolute Gasteiger partial charge is 0.191 e. The number of aromatic nitrogens is 1. The lowest BCUT2D eigenvalue weighted by atomic mass is 10.1. The zero-order chi connectivity index (χ0) is 18.1. The number of piperidine rings is 1. The minimum Gasteiger partial charge on any atom is -0.377 e. The van der Waals surface area contributed by atoms with Gasteiger partial charge in [-0.3, -0.25) is 4.99 Å². The Morgan fingerprint density at radius 3 is 2.73 bits per heavy atom. The van der Waals surface area contributed by atoms with E-state index in [2.05, 4.69) is 46.5 Å². The van der Waals surface area contributed by atoms with E-state index in [9.17, 15) is 0 Å². The molecule has 1 aromatic rings. The minimum absolute atomic E-state index is 0. The summed E-state index contributed by atoms with van der Waals surface area (Å²) in [6.45, 7) is 10.8. The van der Waals surface area contributed by atoms with Gasteiger partial charge in [-0.1, -0.05) is 12.1 Å². The van der Waals surface area contributed by atoms with E-state index in [4.69, 9.17) is 9.26 Å². The number of likely N-dealkylation sites (tertiary alicyclic amines) is 1. The fourth-order valence-corrected chi connectivity index (χ4v) is 2.88. The van der Waals surface area contributed by atoms with Gasteiger partial charge in [-0.2, -0.15) is 0 Å². The van der Waals surface area contributed by atoms with Crippen LogP contribution >= 0.6 is 24.0 Å². The molecule has 0 unspecified atom stereocenters. The molecule has 0 aromatic carbocycles. The maximum Gasteiger partial charge on any atom is 0.191 e. The molecule has 1 saturated heterocycles. The van der Waals surface area contributed by atoms with Crippen LogP contribution in [0.2, 0.25) is 0 Å². The van der Waals surface area contributed by atoms with Crippen molar-refractivity contribution < 1.29 is 9.26 Å². The number of ether oxygens (including phenoxy) is 1. The van der Waals surface area contributed by atoms with Gasteiger partial charge in [-0.15, -0.1) is 24.0 Å². The first kappa shape index (κ1) is 23.2. The fourth-order valence-electron chi connectivity index (χ4n) is 2.88. The first-order valence-corrected chi connectivity index (χ1v) is 9.36. The predicted octanol–water partition coefficient (Wildman–Crippen LogP) is 2.41. The third-order valence-electron chi connectivity index (χ3n) is 4.41. The van der Waals surface area contributed by atoms with E-state index in [1.54, 1.807) is 7.05 Å². The van der Waals surface area contributed by atoms with Crippen molar-refractivity contribution in [2.75, 3.05) is 33.3 Å². The average molecular weight is 479 g/mol. The van der Waals surface area contributed by atoms with Gasteiger partial charge in [0.15, 0.2) is 11.7 Å². The fraction of sp³-hybridized carbons (Fsp3) is 0.778. The zero-order valence-corrected chi connectivity index (χ0v) is 18.8. The Labute approximate surface area is 174 Å². The maximum absolute atomic E-state index is 5.64. The van der Waals surface area contributed by atoms with Crippen molar-refractivity contribution >= 4 is 29.9 Å². The van der Waals surface area contributed by atoms with Crippen molar-refractivity contribution in [3.63, 3.8) is 0 Å². The molecule has 0 spiro atoms. The topological polar surface area (TPSA) is 74.9 Å². The highest BCUT2D eigenvalue weighted by molar-refractivity contribution is 14.0. The monoisotopic (exact) mass is 479 g/mol. The van der Waals surface area contributed by atoms with Crippen molar-refractivity contribution in [3.05, 3.63) is 17.5 Å². The summed E-state index contributed by atoms with van der Waals surface area (Å²) in [6, 6.07) is 2.44. The Morgan fingerprint density at radius 1 is 1.42 bits per heavy atom. The Morgan fingerprint density at radius 2 is 2.15 bits per heavy atom. The molecule has 2 heterocycles. The van der Waals surface area contributed by atoms with E-state index < -0.39 is 0 Å². The van der Waals surface area contributed by atoms with E-state index >= 15 is 0 Å². The molecule has 0 aliphatic carbocycles. The molecule has 1 aliphatic heterocycles. The first-order valence-electron chi connectivity index (χ1n) is 9.36. The zero-order valence-electron chi connectivity index (χ0n) is 16.5. The van der Waals surface area contributed by atoms with E-state index in [1.807, 2.05) is 6.07 Å². The molecular weight excluding hydrogens is 445 g/mol. The number of halogens is 1. The standard InChI is InChI=1S/C18H33N5O2.HI/c1-5-15-12-17(25-22-15)13-20-18(19-4)21-16-6-8-23(9-7-16)10-11-24-14(2)3;/h12,14,16H,5-11,13H2,1-4H3,(H2,19,20,21);1H. The van der Waals surface area contributed by atoms with Gasteiger partial charge >= 0.3 is 0 Å². The highest BCUT2D eigenvalue weighted by Gasteiger charge is 2.19. The molecular formula is C18H34IN5O2. The molecule has 26 heavy (non-hydrogen) atoms. The summed E-state index contributed by atoms with van der Waals surface area (Å²) in [6.07, 6.45) is 3.43. The molecule has 2 N–H and O–H groups in total. The normalized spacial score (nSPS) is 16.6.